The Labute approximate surface area is 99.2 Å². The van der Waals surface area contributed by atoms with E-state index in [2.05, 4.69) is 0 Å². The Bertz CT molecular complexity index is 361. The normalized spacial score (nSPS) is 13.5. The van der Waals surface area contributed by atoms with Gasteiger partial charge in [-0.05, 0) is 25.0 Å². The van der Waals surface area contributed by atoms with Crippen LogP contribution in [0.1, 0.15) is 12.5 Å². The van der Waals surface area contributed by atoms with E-state index in [0.29, 0.717) is 12.1 Å². The predicted molar refractivity (Wildman–Crippen MR) is 63.1 cm³/mol. The fraction of sp³-hybridized carbons (Fsp3) is 0.500. The molecule has 2 nitrogen and oxygen atoms in total. The van der Waals surface area contributed by atoms with Crippen LogP contribution in [-0.2, 0) is 6.42 Å². The molecule has 0 aromatic heterocycles. The second kappa shape index (κ2) is 5.40. The van der Waals surface area contributed by atoms with Crippen molar-refractivity contribution in [1.29, 1.82) is 0 Å². The number of alkyl halides is 3. The van der Waals surface area contributed by atoms with Gasteiger partial charge in [-0.3, -0.25) is 0 Å². The van der Waals surface area contributed by atoms with Crippen LogP contribution in [0.2, 0.25) is 0 Å². The van der Waals surface area contributed by atoms with Gasteiger partial charge in [0.25, 0.3) is 0 Å². The second-order valence-corrected chi connectivity index (χ2v) is 4.28. The Morgan fingerprint density at radius 3 is 2.41 bits per heavy atom. The molecule has 0 fully saturated rings. The zero-order chi connectivity index (χ0) is 13.1. The van der Waals surface area contributed by atoms with E-state index >= 15 is 0 Å². The van der Waals surface area contributed by atoms with Crippen molar-refractivity contribution in [2.45, 2.75) is 25.6 Å². The molecule has 0 aliphatic heterocycles. The maximum Gasteiger partial charge on any atom is 0.405 e. The molecule has 0 aliphatic carbocycles. The van der Waals surface area contributed by atoms with Crippen LogP contribution in [-0.4, -0.2) is 25.8 Å². The van der Waals surface area contributed by atoms with Crippen molar-refractivity contribution in [1.82, 2.24) is 0 Å². The van der Waals surface area contributed by atoms with Gasteiger partial charge in [0.15, 0.2) is 0 Å². The van der Waals surface area contributed by atoms with E-state index in [1.807, 2.05) is 19.1 Å². The average Bonchev–Trinajstić information content (AvgIpc) is 2.14. The quantitative estimate of drug-likeness (QED) is 0.884. The van der Waals surface area contributed by atoms with Gasteiger partial charge in [0.1, 0.15) is 6.54 Å². The fourth-order valence-corrected chi connectivity index (χ4v) is 1.76. The number of anilines is 1. The molecule has 1 unspecified atom stereocenters. The van der Waals surface area contributed by atoms with Crippen molar-refractivity contribution in [2.75, 3.05) is 18.5 Å². The zero-order valence-corrected chi connectivity index (χ0v) is 9.96. The molecule has 96 valence electrons. The summed E-state index contributed by atoms with van der Waals surface area (Å²) in [7, 11) is 1.44. The number of nitrogens with zero attached hydrogens (tertiary/aromatic N) is 1. The van der Waals surface area contributed by atoms with E-state index in [4.69, 9.17) is 5.73 Å². The van der Waals surface area contributed by atoms with Crippen LogP contribution in [0.25, 0.3) is 0 Å². The maximum atomic E-state index is 12.3. The van der Waals surface area contributed by atoms with Crippen molar-refractivity contribution >= 4 is 5.69 Å². The molecular weight excluding hydrogens is 229 g/mol. The summed E-state index contributed by atoms with van der Waals surface area (Å²) in [5, 5.41) is 0. The van der Waals surface area contributed by atoms with Gasteiger partial charge in [-0.1, -0.05) is 18.2 Å². The molecule has 2 N–H and O–H groups in total. The summed E-state index contributed by atoms with van der Waals surface area (Å²) in [5.41, 5.74) is 7.11. The number of hydrogen-bond donors (Lipinski definition) is 1. The predicted octanol–water partition coefficient (Wildman–Crippen LogP) is 2.57. The van der Waals surface area contributed by atoms with Gasteiger partial charge in [-0.15, -0.1) is 0 Å². The SMILES string of the molecule is CC(N)Cc1ccccc1N(C)CC(F)(F)F. The maximum absolute atomic E-state index is 12.3. The third kappa shape index (κ3) is 4.65. The first kappa shape index (κ1) is 13.8. The molecule has 0 spiro atoms. The van der Waals surface area contributed by atoms with Crippen LogP contribution < -0.4 is 10.6 Å². The summed E-state index contributed by atoms with van der Waals surface area (Å²) in [6.07, 6.45) is -3.63. The summed E-state index contributed by atoms with van der Waals surface area (Å²) < 4.78 is 37.0. The summed E-state index contributed by atoms with van der Waals surface area (Å²) in [5.74, 6) is 0. The Morgan fingerprint density at radius 1 is 1.29 bits per heavy atom. The van der Waals surface area contributed by atoms with Crippen molar-refractivity contribution in [3.8, 4) is 0 Å². The fourth-order valence-electron chi connectivity index (χ4n) is 1.76. The third-order valence-electron chi connectivity index (χ3n) is 2.36. The first-order valence-electron chi connectivity index (χ1n) is 5.41. The topological polar surface area (TPSA) is 29.3 Å². The number of para-hydroxylation sites is 1. The summed E-state index contributed by atoms with van der Waals surface area (Å²) in [6, 6.07) is 6.96. The minimum Gasteiger partial charge on any atom is -0.365 e. The molecule has 0 heterocycles. The van der Waals surface area contributed by atoms with Crippen LogP contribution in [0.4, 0.5) is 18.9 Å². The van der Waals surface area contributed by atoms with Crippen LogP contribution in [0, 0.1) is 0 Å². The Kier molecular flexibility index (Phi) is 4.40. The lowest BCUT2D eigenvalue weighted by molar-refractivity contribution is -0.119. The lowest BCUT2D eigenvalue weighted by Gasteiger charge is -2.24. The van der Waals surface area contributed by atoms with Gasteiger partial charge < -0.3 is 10.6 Å². The van der Waals surface area contributed by atoms with Gasteiger partial charge in [0.2, 0.25) is 0 Å². The molecule has 0 aliphatic rings. The highest BCUT2D eigenvalue weighted by molar-refractivity contribution is 5.53. The van der Waals surface area contributed by atoms with E-state index in [-0.39, 0.29) is 6.04 Å². The van der Waals surface area contributed by atoms with Gasteiger partial charge >= 0.3 is 6.18 Å². The number of rotatable bonds is 4. The third-order valence-corrected chi connectivity index (χ3v) is 2.36. The van der Waals surface area contributed by atoms with E-state index in [1.54, 1.807) is 12.1 Å². The van der Waals surface area contributed by atoms with Crippen LogP contribution in [0.15, 0.2) is 24.3 Å². The van der Waals surface area contributed by atoms with Crippen molar-refractivity contribution in [3.63, 3.8) is 0 Å². The van der Waals surface area contributed by atoms with Crippen molar-refractivity contribution in [3.05, 3.63) is 29.8 Å². The molecule has 1 atom stereocenters. The van der Waals surface area contributed by atoms with Gasteiger partial charge in [-0.2, -0.15) is 13.2 Å². The minimum atomic E-state index is -4.20. The standard InChI is InChI=1S/C12H17F3N2/c1-9(16)7-10-5-3-4-6-11(10)17(2)8-12(13,14)15/h3-6,9H,7-8,16H2,1-2H3. The first-order chi connectivity index (χ1) is 7.79. The molecule has 5 heteroatoms. The van der Waals surface area contributed by atoms with E-state index in [9.17, 15) is 13.2 Å². The van der Waals surface area contributed by atoms with Gasteiger partial charge in [0, 0.05) is 18.8 Å². The molecule has 1 rings (SSSR count). The lowest BCUT2D eigenvalue weighted by Crippen LogP contribution is -2.32. The molecule has 0 amide bonds. The molecule has 1 aromatic rings. The molecular formula is C12H17F3N2. The van der Waals surface area contributed by atoms with Crippen molar-refractivity contribution < 1.29 is 13.2 Å². The Balaban J connectivity index is 2.88. The molecule has 0 saturated carbocycles. The largest absolute Gasteiger partial charge is 0.405 e. The number of nitrogens with two attached hydrogens (primary N) is 1. The molecule has 0 bridgehead atoms. The highest BCUT2D eigenvalue weighted by Gasteiger charge is 2.29. The number of hydrogen-bond acceptors (Lipinski definition) is 2. The van der Waals surface area contributed by atoms with E-state index in [0.717, 1.165) is 5.56 Å². The van der Waals surface area contributed by atoms with Gasteiger partial charge in [-0.25, -0.2) is 0 Å². The van der Waals surface area contributed by atoms with Crippen LogP contribution in [0.3, 0.4) is 0 Å². The number of halogens is 3. The molecule has 0 saturated heterocycles. The lowest BCUT2D eigenvalue weighted by atomic mass is 10.0. The van der Waals surface area contributed by atoms with Gasteiger partial charge in [0.05, 0.1) is 0 Å². The Morgan fingerprint density at radius 2 is 1.88 bits per heavy atom. The van der Waals surface area contributed by atoms with Crippen molar-refractivity contribution in [2.24, 2.45) is 5.73 Å². The molecule has 17 heavy (non-hydrogen) atoms. The monoisotopic (exact) mass is 246 g/mol. The number of benzene rings is 1. The average molecular weight is 246 g/mol. The van der Waals surface area contributed by atoms with E-state index in [1.165, 1.54) is 11.9 Å². The van der Waals surface area contributed by atoms with E-state index < -0.39 is 12.7 Å². The second-order valence-electron chi connectivity index (χ2n) is 4.28. The van der Waals surface area contributed by atoms with Crippen LogP contribution in [0.5, 0.6) is 0 Å². The smallest absolute Gasteiger partial charge is 0.365 e. The Hall–Kier alpha value is -1.23. The summed E-state index contributed by atoms with van der Waals surface area (Å²) >= 11 is 0. The summed E-state index contributed by atoms with van der Waals surface area (Å²) in [4.78, 5) is 1.21. The summed E-state index contributed by atoms with van der Waals surface area (Å²) in [6.45, 7) is 0.878. The first-order valence-corrected chi connectivity index (χ1v) is 5.41. The van der Waals surface area contributed by atoms with Crippen LogP contribution >= 0.6 is 0 Å². The minimum absolute atomic E-state index is 0.0737. The molecule has 0 radical (unpaired) electrons. The molecule has 1 aromatic carbocycles. The highest BCUT2D eigenvalue weighted by Crippen LogP contribution is 2.24. The highest BCUT2D eigenvalue weighted by atomic mass is 19.4. The zero-order valence-electron chi connectivity index (χ0n) is 9.96.